The summed E-state index contributed by atoms with van der Waals surface area (Å²) in [6.07, 6.45) is -3.68. The molecule has 1 N–H and O–H groups in total. The van der Waals surface area contributed by atoms with E-state index in [0.717, 1.165) is 24.5 Å². The minimum absolute atomic E-state index is 0.0199. The van der Waals surface area contributed by atoms with Crippen LogP contribution in [-0.4, -0.2) is 40.3 Å². The number of hydrogen-bond acceptors (Lipinski definition) is 5. The number of hydrogen-bond donors (Lipinski definition) is 1. The molecular formula is C19H20F3NO5S2. The molecule has 0 spiro atoms. The van der Waals surface area contributed by atoms with Crippen LogP contribution in [0.3, 0.4) is 0 Å². The van der Waals surface area contributed by atoms with Gasteiger partial charge in [-0.3, -0.25) is 4.79 Å². The predicted octanol–water partition coefficient (Wildman–Crippen LogP) is 3.09. The second-order valence-corrected chi connectivity index (χ2v) is 11.9. The zero-order valence-electron chi connectivity index (χ0n) is 16.3. The van der Waals surface area contributed by atoms with Gasteiger partial charge >= 0.3 is 6.18 Å². The molecular weight excluding hydrogens is 443 g/mol. The summed E-state index contributed by atoms with van der Waals surface area (Å²) >= 11 is 0. The van der Waals surface area contributed by atoms with Crippen LogP contribution >= 0.6 is 0 Å². The van der Waals surface area contributed by atoms with E-state index in [1.165, 1.54) is 38.1 Å². The van der Waals surface area contributed by atoms with Crippen LogP contribution in [0.5, 0.6) is 0 Å². The summed E-state index contributed by atoms with van der Waals surface area (Å²) < 4.78 is 85.7. The zero-order valence-corrected chi connectivity index (χ0v) is 18.0. The van der Waals surface area contributed by atoms with Gasteiger partial charge in [0.1, 0.15) is 0 Å². The number of amides is 1. The van der Waals surface area contributed by atoms with Crippen molar-refractivity contribution >= 4 is 25.6 Å². The molecule has 0 heterocycles. The number of rotatable bonds is 6. The number of sulfone groups is 2. The fourth-order valence-electron chi connectivity index (χ4n) is 2.50. The Morgan fingerprint density at radius 3 is 2.00 bits per heavy atom. The Morgan fingerprint density at radius 2 is 1.50 bits per heavy atom. The molecule has 2 aromatic carbocycles. The fourth-order valence-corrected chi connectivity index (χ4v) is 4.57. The van der Waals surface area contributed by atoms with Crippen LogP contribution in [0.2, 0.25) is 0 Å². The highest BCUT2D eigenvalue weighted by Crippen LogP contribution is 2.33. The summed E-state index contributed by atoms with van der Waals surface area (Å²) in [6, 6.07) is 8.45. The molecule has 1 amide bonds. The summed E-state index contributed by atoms with van der Waals surface area (Å²) in [5, 5.41) is 2.43. The Kier molecular flexibility index (Phi) is 6.39. The maximum absolute atomic E-state index is 12.9. The lowest BCUT2D eigenvalue weighted by atomic mass is 10.2. The molecule has 0 fully saturated rings. The molecule has 0 saturated carbocycles. The van der Waals surface area contributed by atoms with E-state index in [0.29, 0.717) is 6.07 Å². The average molecular weight is 463 g/mol. The lowest BCUT2D eigenvalue weighted by Gasteiger charge is -2.25. The Morgan fingerprint density at radius 1 is 0.933 bits per heavy atom. The van der Waals surface area contributed by atoms with E-state index in [-0.39, 0.29) is 17.0 Å². The highest BCUT2D eigenvalue weighted by atomic mass is 32.2. The van der Waals surface area contributed by atoms with Gasteiger partial charge < -0.3 is 5.32 Å². The molecule has 0 atom stereocenters. The molecule has 30 heavy (non-hydrogen) atoms. The van der Waals surface area contributed by atoms with Crippen molar-refractivity contribution in [3.05, 3.63) is 59.7 Å². The minimum atomic E-state index is -4.69. The molecule has 0 unspecified atom stereocenters. The second kappa shape index (κ2) is 8.03. The van der Waals surface area contributed by atoms with E-state index in [2.05, 4.69) is 5.32 Å². The van der Waals surface area contributed by atoms with E-state index in [9.17, 15) is 34.8 Å². The van der Waals surface area contributed by atoms with Crippen LogP contribution in [0.1, 0.15) is 29.8 Å². The predicted molar refractivity (Wildman–Crippen MR) is 105 cm³/mol. The van der Waals surface area contributed by atoms with Gasteiger partial charge in [0.05, 0.1) is 20.1 Å². The van der Waals surface area contributed by atoms with Crippen molar-refractivity contribution in [3.8, 4) is 0 Å². The van der Waals surface area contributed by atoms with Crippen molar-refractivity contribution < 1.29 is 34.8 Å². The first kappa shape index (κ1) is 23.9. The Bertz CT molecular complexity index is 1150. The van der Waals surface area contributed by atoms with Crippen LogP contribution in [0.15, 0.2) is 58.3 Å². The van der Waals surface area contributed by atoms with Crippen molar-refractivity contribution in [2.75, 3.05) is 12.8 Å². The van der Waals surface area contributed by atoms with Crippen LogP contribution in [0, 0.1) is 0 Å². The van der Waals surface area contributed by atoms with E-state index >= 15 is 0 Å². The molecule has 0 aliphatic heterocycles. The van der Waals surface area contributed by atoms with Crippen molar-refractivity contribution in [1.82, 2.24) is 5.32 Å². The average Bonchev–Trinajstić information content (AvgIpc) is 2.65. The molecule has 164 valence electrons. The van der Waals surface area contributed by atoms with Gasteiger partial charge in [0.25, 0.3) is 5.91 Å². The van der Waals surface area contributed by atoms with Crippen molar-refractivity contribution in [2.24, 2.45) is 0 Å². The second-order valence-electron chi connectivity index (χ2n) is 7.27. The summed E-state index contributed by atoms with van der Waals surface area (Å²) in [5.74, 6) is -0.651. The lowest BCUT2D eigenvalue weighted by Crippen LogP contribution is -2.44. The highest BCUT2D eigenvalue weighted by Gasteiger charge is 2.38. The van der Waals surface area contributed by atoms with Crippen LogP contribution < -0.4 is 5.32 Å². The van der Waals surface area contributed by atoms with Gasteiger partial charge in [0.15, 0.2) is 19.7 Å². The summed E-state index contributed by atoms with van der Waals surface area (Å²) in [4.78, 5) is 11.8. The van der Waals surface area contributed by atoms with Crippen molar-refractivity contribution in [3.63, 3.8) is 0 Å². The molecule has 0 aromatic heterocycles. The van der Waals surface area contributed by atoms with Gasteiger partial charge in [-0.15, -0.1) is 0 Å². The summed E-state index contributed by atoms with van der Waals surface area (Å²) in [7, 11) is -7.66. The van der Waals surface area contributed by atoms with Crippen molar-refractivity contribution in [1.29, 1.82) is 0 Å². The normalized spacial score (nSPS) is 13.1. The number of benzene rings is 2. The third-order valence-electron chi connectivity index (χ3n) is 4.42. The smallest absolute Gasteiger partial charge is 0.350 e. The van der Waals surface area contributed by atoms with E-state index < -0.39 is 47.0 Å². The number of nitrogens with one attached hydrogen (secondary N) is 1. The van der Waals surface area contributed by atoms with E-state index in [1.54, 1.807) is 0 Å². The van der Waals surface area contributed by atoms with Crippen molar-refractivity contribution in [2.45, 2.75) is 34.6 Å². The first-order valence-corrected chi connectivity index (χ1v) is 11.9. The third-order valence-corrected chi connectivity index (χ3v) is 8.02. The standard InChI is InChI=1S/C19H20F3NO5S2/c1-18(2,30(27,28)16-6-4-5-14(11-16)19(20,21)22)12-23-17(24)13-7-9-15(10-8-13)29(3,25)26/h4-11H,12H2,1-3H3,(H,23,24). The maximum atomic E-state index is 12.9. The first-order valence-electron chi connectivity index (χ1n) is 8.56. The quantitative estimate of drug-likeness (QED) is 0.710. The molecule has 2 rings (SSSR count). The van der Waals surface area contributed by atoms with Crippen LogP contribution in [0.4, 0.5) is 13.2 Å². The van der Waals surface area contributed by atoms with Gasteiger partial charge in [0, 0.05) is 18.4 Å². The topological polar surface area (TPSA) is 97.4 Å². The fraction of sp³-hybridized carbons (Fsp3) is 0.316. The lowest BCUT2D eigenvalue weighted by molar-refractivity contribution is -0.137. The Hall–Kier alpha value is -2.40. The van der Waals surface area contributed by atoms with Gasteiger partial charge in [-0.25, -0.2) is 16.8 Å². The molecule has 0 bridgehead atoms. The van der Waals surface area contributed by atoms with Crippen LogP contribution in [-0.2, 0) is 25.9 Å². The largest absolute Gasteiger partial charge is 0.416 e. The number of carbonyl (C=O) groups is 1. The summed E-state index contributed by atoms with van der Waals surface area (Å²) in [6.45, 7) is 2.20. The van der Waals surface area contributed by atoms with Gasteiger partial charge in [-0.2, -0.15) is 13.2 Å². The minimum Gasteiger partial charge on any atom is -0.350 e. The molecule has 0 aliphatic carbocycles. The molecule has 0 aliphatic rings. The van der Waals surface area contributed by atoms with E-state index in [4.69, 9.17) is 0 Å². The Balaban J connectivity index is 2.20. The molecule has 6 nitrogen and oxygen atoms in total. The first-order chi connectivity index (χ1) is 13.6. The third kappa shape index (κ3) is 5.20. The van der Waals surface area contributed by atoms with E-state index in [1.807, 2.05) is 0 Å². The molecule has 2 aromatic rings. The monoisotopic (exact) mass is 463 g/mol. The highest BCUT2D eigenvalue weighted by molar-refractivity contribution is 7.92. The molecule has 11 heteroatoms. The maximum Gasteiger partial charge on any atom is 0.416 e. The SMILES string of the molecule is CC(C)(CNC(=O)c1ccc(S(C)(=O)=O)cc1)S(=O)(=O)c1cccc(C(F)(F)F)c1. The van der Waals surface area contributed by atoms with Gasteiger partial charge in [-0.1, -0.05) is 6.07 Å². The number of alkyl halides is 3. The van der Waals surface area contributed by atoms with Gasteiger partial charge in [0.2, 0.25) is 0 Å². The number of halogens is 3. The van der Waals surface area contributed by atoms with Gasteiger partial charge in [-0.05, 0) is 56.3 Å². The zero-order chi connectivity index (χ0) is 23.0. The van der Waals surface area contributed by atoms with Crippen LogP contribution in [0.25, 0.3) is 0 Å². The molecule has 0 saturated heterocycles. The molecule has 0 radical (unpaired) electrons. The Labute approximate surface area is 173 Å². The number of carbonyl (C=O) groups excluding carboxylic acids is 1. The summed E-state index contributed by atoms with van der Waals surface area (Å²) in [5.41, 5.74) is -0.982.